The fraction of sp³-hybridized carbons (Fsp3) is 0.140. The Kier molecular flexibility index (Phi) is 7.71. The van der Waals surface area contributed by atoms with Crippen LogP contribution < -0.4 is 0 Å². The van der Waals surface area contributed by atoms with Gasteiger partial charge in [0.15, 0.2) is 17.5 Å². The Bertz CT molecular complexity index is 3350. The van der Waals surface area contributed by atoms with Crippen molar-refractivity contribution in [3.63, 3.8) is 0 Å². The zero-order chi connectivity index (χ0) is 41.0. The van der Waals surface area contributed by atoms with Gasteiger partial charge in [-0.2, -0.15) is 0 Å². The first kappa shape index (κ1) is 35.7. The van der Waals surface area contributed by atoms with Crippen molar-refractivity contribution in [1.82, 2.24) is 19.5 Å². The molecule has 0 radical (unpaired) electrons. The minimum atomic E-state index is -0.273. The number of allylic oxidation sites excluding steroid dienone is 4. The second-order valence-corrected chi connectivity index (χ2v) is 17.9. The van der Waals surface area contributed by atoms with Crippen molar-refractivity contribution in [3.05, 3.63) is 198 Å². The highest BCUT2D eigenvalue weighted by Crippen LogP contribution is 2.57. The second-order valence-electron chi connectivity index (χ2n) is 17.9. The van der Waals surface area contributed by atoms with Crippen molar-refractivity contribution in [2.75, 3.05) is 0 Å². The Labute approximate surface area is 356 Å². The minimum Gasteiger partial charge on any atom is -0.309 e. The van der Waals surface area contributed by atoms with Crippen molar-refractivity contribution in [1.29, 1.82) is 0 Å². The quantitative estimate of drug-likeness (QED) is 0.175. The van der Waals surface area contributed by atoms with Crippen LogP contribution in [-0.4, -0.2) is 19.5 Å². The van der Waals surface area contributed by atoms with Crippen LogP contribution in [0.5, 0.6) is 0 Å². The molecule has 292 valence electrons. The number of nitrogens with zero attached hydrogens (tertiary/aromatic N) is 4. The Morgan fingerprint density at radius 1 is 0.475 bits per heavy atom. The van der Waals surface area contributed by atoms with E-state index in [1.165, 1.54) is 71.9 Å². The predicted octanol–water partition coefficient (Wildman–Crippen LogP) is 14.3. The normalized spacial score (nSPS) is 15.4. The number of benzene rings is 7. The van der Waals surface area contributed by atoms with E-state index >= 15 is 0 Å². The average Bonchev–Trinajstić information content (AvgIpc) is 3.86. The van der Waals surface area contributed by atoms with Crippen LogP contribution in [0.3, 0.4) is 0 Å². The van der Waals surface area contributed by atoms with E-state index in [0.717, 1.165) is 40.7 Å². The number of aromatic nitrogens is 4. The highest BCUT2D eigenvalue weighted by atomic mass is 15.0. The lowest BCUT2D eigenvalue weighted by atomic mass is 9.80. The first-order valence-electron chi connectivity index (χ1n) is 21.5. The van der Waals surface area contributed by atoms with Gasteiger partial charge in [-0.05, 0) is 92.7 Å². The molecule has 4 nitrogen and oxygen atoms in total. The van der Waals surface area contributed by atoms with Crippen molar-refractivity contribution < 1.29 is 0 Å². The lowest BCUT2D eigenvalue weighted by Crippen LogP contribution is -2.16. The smallest absolute Gasteiger partial charge is 0.164 e. The van der Waals surface area contributed by atoms with Gasteiger partial charge in [-0.1, -0.05) is 173 Å². The molecule has 61 heavy (non-hydrogen) atoms. The summed E-state index contributed by atoms with van der Waals surface area (Å²) >= 11 is 0. The van der Waals surface area contributed by atoms with Gasteiger partial charge < -0.3 is 4.57 Å². The summed E-state index contributed by atoms with van der Waals surface area (Å²) in [6.07, 6.45) is 8.59. The van der Waals surface area contributed by atoms with Crippen LogP contribution >= 0.6 is 0 Å². The lowest BCUT2D eigenvalue weighted by molar-refractivity contribution is 0.660. The molecule has 3 aliphatic carbocycles. The monoisotopic (exact) mass is 784 g/mol. The van der Waals surface area contributed by atoms with E-state index in [1.54, 1.807) is 0 Å². The van der Waals surface area contributed by atoms with Gasteiger partial charge in [-0.3, -0.25) is 0 Å². The molecule has 0 N–H and O–H groups in total. The SMILES string of the molecule is CC1(C)c2ccccc2-c2ccc(-c3cccc4c3-c3ccc5c6ccc(-c7nc(C8=CCCC=C8)nc(-c8ccccc8)n7)cc6n(-c6ccccc6)c5c3C4(C)C)cc21. The van der Waals surface area contributed by atoms with Crippen LogP contribution in [0.15, 0.2) is 170 Å². The molecule has 0 aliphatic heterocycles. The van der Waals surface area contributed by atoms with E-state index in [9.17, 15) is 0 Å². The van der Waals surface area contributed by atoms with E-state index in [1.807, 2.05) is 18.2 Å². The van der Waals surface area contributed by atoms with E-state index < -0.39 is 0 Å². The lowest BCUT2D eigenvalue weighted by Gasteiger charge is -2.24. The van der Waals surface area contributed by atoms with Crippen LogP contribution in [0.25, 0.3) is 89.2 Å². The summed E-state index contributed by atoms with van der Waals surface area (Å²) in [5.74, 6) is 2.04. The van der Waals surface area contributed by atoms with E-state index in [-0.39, 0.29) is 10.8 Å². The van der Waals surface area contributed by atoms with Gasteiger partial charge in [-0.25, -0.2) is 15.0 Å². The maximum Gasteiger partial charge on any atom is 0.164 e. The summed E-state index contributed by atoms with van der Waals surface area (Å²) in [4.78, 5) is 15.3. The van der Waals surface area contributed by atoms with E-state index in [0.29, 0.717) is 17.5 Å². The molecule has 0 fully saturated rings. The Morgan fingerprint density at radius 2 is 1.13 bits per heavy atom. The zero-order valence-electron chi connectivity index (χ0n) is 34.9. The molecule has 9 aromatic rings. The molecule has 0 unspecified atom stereocenters. The molecule has 2 aromatic heterocycles. The summed E-state index contributed by atoms with van der Waals surface area (Å²) < 4.78 is 2.49. The average molecular weight is 785 g/mol. The number of hydrogen-bond acceptors (Lipinski definition) is 3. The van der Waals surface area contributed by atoms with Crippen LogP contribution in [0.4, 0.5) is 0 Å². The van der Waals surface area contributed by atoms with Crippen LogP contribution in [0.2, 0.25) is 0 Å². The topological polar surface area (TPSA) is 43.6 Å². The summed E-state index contributed by atoms with van der Waals surface area (Å²) in [5, 5.41) is 2.44. The Hall–Kier alpha value is -7.17. The Morgan fingerprint density at radius 3 is 1.93 bits per heavy atom. The van der Waals surface area contributed by atoms with E-state index in [2.05, 4.69) is 184 Å². The highest BCUT2D eigenvalue weighted by Gasteiger charge is 2.41. The molecular formula is C57H44N4. The molecular weight excluding hydrogens is 741 g/mol. The molecule has 2 heterocycles. The molecule has 0 spiro atoms. The van der Waals surface area contributed by atoms with Crippen molar-refractivity contribution in [2.24, 2.45) is 0 Å². The van der Waals surface area contributed by atoms with Gasteiger partial charge in [0.05, 0.1) is 11.0 Å². The standard InChI is InChI=1S/C57H44N4/c1-56(2)46-25-15-14-23-41(46)42-29-27-37(33-48(42)56)40-24-16-26-47-50(40)45-32-31-44-43-30-28-38(34-49(43)61(39-21-12-7-13-22-39)52(44)51(45)57(47,3)4)55-59-53(35-17-8-5-9-18-35)58-54(60-55)36-19-10-6-11-20-36/h5,7-10,12-34H,6,11H2,1-4H3. The van der Waals surface area contributed by atoms with Crippen LogP contribution in [0.1, 0.15) is 68.6 Å². The van der Waals surface area contributed by atoms with Crippen molar-refractivity contribution in [2.45, 2.75) is 51.4 Å². The fourth-order valence-corrected chi connectivity index (χ4v) is 10.7. The zero-order valence-corrected chi connectivity index (χ0v) is 34.9. The van der Waals surface area contributed by atoms with Gasteiger partial charge in [0, 0.05) is 44.0 Å². The van der Waals surface area contributed by atoms with Crippen LogP contribution in [-0.2, 0) is 10.8 Å². The first-order valence-corrected chi connectivity index (χ1v) is 21.5. The molecule has 0 bridgehead atoms. The van der Waals surface area contributed by atoms with Gasteiger partial charge >= 0.3 is 0 Å². The maximum atomic E-state index is 5.15. The number of rotatable bonds is 5. The van der Waals surface area contributed by atoms with Gasteiger partial charge in [-0.15, -0.1) is 0 Å². The molecule has 3 aliphatic rings. The Balaban J connectivity index is 1.08. The molecule has 0 amide bonds. The third-order valence-corrected chi connectivity index (χ3v) is 13.7. The molecule has 0 saturated carbocycles. The first-order chi connectivity index (χ1) is 29.8. The van der Waals surface area contributed by atoms with Crippen molar-refractivity contribution >= 4 is 27.4 Å². The summed E-state index contributed by atoms with van der Waals surface area (Å²) in [6, 6.07) is 55.6. The van der Waals surface area contributed by atoms with Crippen LogP contribution in [0, 0.1) is 0 Å². The fourth-order valence-electron chi connectivity index (χ4n) is 10.7. The number of para-hydroxylation sites is 1. The van der Waals surface area contributed by atoms with Gasteiger partial charge in [0.1, 0.15) is 0 Å². The number of hydrogen-bond donors (Lipinski definition) is 0. The molecule has 7 aromatic carbocycles. The number of fused-ring (bicyclic) bond motifs is 10. The second kappa shape index (κ2) is 13.2. The summed E-state index contributed by atoms with van der Waals surface area (Å²) in [7, 11) is 0. The largest absolute Gasteiger partial charge is 0.309 e. The molecule has 4 heteroatoms. The third kappa shape index (κ3) is 5.28. The highest BCUT2D eigenvalue weighted by molar-refractivity contribution is 6.14. The summed E-state index contributed by atoms with van der Waals surface area (Å²) in [5.41, 5.74) is 19.5. The van der Waals surface area contributed by atoms with Gasteiger partial charge in [0.2, 0.25) is 0 Å². The molecule has 0 atom stereocenters. The predicted molar refractivity (Wildman–Crippen MR) is 252 cm³/mol. The van der Waals surface area contributed by atoms with E-state index in [4.69, 9.17) is 15.0 Å². The summed E-state index contributed by atoms with van der Waals surface area (Å²) in [6.45, 7) is 9.56. The minimum absolute atomic E-state index is 0.0745. The molecule has 12 rings (SSSR count). The van der Waals surface area contributed by atoms with Crippen molar-refractivity contribution in [3.8, 4) is 61.8 Å². The maximum absolute atomic E-state index is 5.15. The van der Waals surface area contributed by atoms with Gasteiger partial charge in [0.25, 0.3) is 0 Å². The molecule has 0 saturated heterocycles. The third-order valence-electron chi connectivity index (χ3n) is 13.7.